The highest BCUT2D eigenvalue weighted by Crippen LogP contribution is 2.43. The molecule has 0 amide bonds. The van der Waals surface area contributed by atoms with Gasteiger partial charge in [-0.1, -0.05) is 48.0 Å². The smallest absolute Gasteiger partial charge is 0.243 e. The monoisotopic (exact) mass is 390 g/mol. The second-order valence-electron chi connectivity index (χ2n) is 7.45. The molecule has 0 saturated carbocycles. The van der Waals surface area contributed by atoms with Crippen LogP contribution in [0.25, 0.3) is 0 Å². The largest absolute Gasteiger partial charge is 0.299 e. The number of piperidine rings is 1. The zero-order valence-electron chi connectivity index (χ0n) is 14.6. The summed E-state index contributed by atoms with van der Waals surface area (Å²) in [7, 11) is -3.34. The molecule has 0 bridgehead atoms. The SMILES string of the molecule is O=S(=O)(c1ccccc1)N1CC2(CCN(Cc3ccccc3Cl)CC2)C1. The van der Waals surface area contributed by atoms with E-state index in [-0.39, 0.29) is 5.41 Å². The summed E-state index contributed by atoms with van der Waals surface area (Å²) in [4.78, 5) is 2.81. The fourth-order valence-corrected chi connectivity index (χ4v) is 5.86. The summed E-state index contributed by atoms with van der Waals surface area (Å²) in [5, 5.41) is 0.816. The van der Waals surface area contributed by atoms with E-state index < -0.39 is 10.0 Å². The Balaban J connectivity index is 1.34. The van der Waals surface area contributed by atoms with Gasteiger partial charge in [-0.15, -0.1) is 0 Å². The van der Waals surface area contributed by atoms with Crippen molar-refractivity contribution in [3.8, 4) is 0 Å². The number of likely N-dealkylation sites (tertiary alicyclic amines) is 1. The van der Waals surface area contributed by atoms with Gasteiger partial charge >= 0.3 is 0 Å². The first-order chi connectivity index (χ1) is 12.5. The summed E-state index contributed by atoms with van der Waals surface area (Å²) in [6.07, 6.45) is 2.08. The number of hydrogen-bond acceptors (Lipinski definition) is 3. The maximum atomic E-state index is 12.7. The average Bonchev–Trinajstić information content (AvgIpc) is 2.63. The van der Waals surface area contributed by atoms with E-state index in [0.29, 0.717) is 18.0 Å². The van der Waals surface area contributed by atoms with Crippen LogP contribution in [-0.4, -0.2) is 43.8 Å². The predicted octanol–water partition coefficient (Wildman–Crippen LogP) is 3.63. The van der Waals surface area contributed by atoms with Crippen LogP contribution in [0.5, 0.6) is 0 Å². The first-order valence-corrected chi connectivity index (χ1v) is 10.8. The number of nitrogens with zero attached hydrogens (tertiary/aromatic N) is 2. The summed E-state index contributed by atoms with van der Waals surface area (Å²) in [6, 6.07) is 16.7. The summed E-state index contributed by atoms with van der Waals surface area (Å²) < 4.78 is 27.0. The van der Waals surface area contributed by atoms with Crippen LogP contribution in [0.2, 0.25) is 5.02 Å². The van der Waals surface area contributed by atoms with Crippen LogP contribution in [0.15, 0.2) is 59.5 Å². The fraction of sp³-hybridized carbons (Fsp3) is 0.400. The van der Waals surface area contributed by atoms with Crippen molar-refractivity contribution in [1.82, 2.24) is 9.21 Å². The lowest BCUT2D eigenvalue weighted by atomic mass is 9.73. The molecule has 138 valence electrons. The van der Waals surface area contributed by atoms with Gasteiger partial charge in [0.25, 0.3) is 0 Å². The van der Waals surface area contributed by atoms with E-state index in [9.17, 15) is 8.42 Å². The highest BCUT2D eigenvalue weighted by atomic mass is 35.5. The van der Waals surface area contributed by atoms with Crippen LogP contribution in [-0.2, 0) is 16.6 Å². The molecule has 4 nitrogen and oxygen atoms in total. The molecule has 0 radical (unpaired) electrons. The summed E-state index contributed by atoms with van der Waals surface area (Å²) in [6.45, 7) is 4.13. The van der Waals surface area contributed by atoms with Crippen molar-refractivity contribution in [1.29, 1.82) is 0 Å². The normalized spacial score (nSPS) is 20.8. The van der Waals surface area contributed by atoms with Gasteiger partial charge in [0.1, 0.15) is 0 Å². The van der Waals surface area contributed by atoms with Crippen LogP contribution in [0.3, 0.4) is 0 Å². The van der Waals surface area contributed by atoms with E-state index in [0.717, 1.165) is 43.1 Å². The molecule has 0 atom stereocenters. The number of sulfonamides is 1. The van der Waals surface area contributed by atoms with Crippen molar-refractivity contribution in [3.05, 3.63) is 65.2 Å². The summed E-state index contributed by atoms with van der Waals surface area (Å²) >= 11 is 6.27. The van der Waals surface area contributed by atoms with Gasteiger partial charge in [0.15, 0.2) is 0 Å². The molecule has 2 saturated heterocycles. The van der Waals surface area contributed by atoms with Gasteiger partial charge in [-0.25, -0.2) is 8.42 Å². The zero-order valence-corrected chi connectivity index (χ0v) is 16.2. The Kier molecular flexibility index (Phi) is 4.82. The Morgan fingerprint density at radius 2 is 1.54 bits per heavy atom. The quantitative estimate of drug-likeness (QED) is 0.800. The van der Waals surface area contributed by atoms with E-state index in [1.807, 2.05) is 24.3 Å². The van der Waals surface area contributed by atoms with Crippen LogP contribution in [0, 0.1) is 5.41 Å². The Morgan fingerprint density at radius 1 is 0.923 bits per heavy atom. The molecule has 2 aromatic rings. The first-order valence-electron chi connectivity index (χ1n) is 9.00. The molecule has 2 aromatic carbocycles. The third-order valence-corrected chi connectivity index (χ3v) is 7.85. The number of rotatable bonds is 4. The highest BCUT2D eigenvalue weighted by molar-refractivity contribution is 7.89. The topological polar surface area (TPSA) is 40.6 Å². The average molecular weight is 391 g/mol. The van der Waals surface area contributed by atoms with Crippen molar-refractivity contribution in [2.24, 2.45) is 5.41 Å². The minimum absolute atomic E-state index is 0.152. The molecule has 0 N–H and O–H groups in total. The predicted molar refractivity (Wildman–Crippen MR) is 104 cm³/mol. The molecule has 6 heteroatoms. The second kappa shape index (κ2) is 6.97. The van der Waals surface area contributed by atoms with Crippen LogP contribution < -0.4 is 0 Å². The molecular weight excluding hydrogens is 368 g/mol. The molecule has 1 spiro atoms. The molecule has 2 fully saturated rings. The van der Waals surface area contributed by atoms with Gasteiger partial charge in [0.2, 0.25) is 10.0 Å². The van der Waals surface area contributed by atoms with Gasteiger partial charge in [0.05, 0.1) is 4.90 Å². The van der Waals surface area contributed by atoms with Gasteiger partial charge in [-0.2, -0.15) is 4.31 Å². The minimum Gasteiger partial charge on any atom is -0.299 e. The molecule has 2 heterocycles. The van der Waals surface area contributed by atoms with E-state index in [1.54, 1.807) is 28.6 Å². The Labute approximate surface area is 160 Å². The Bertz CT molecular complexity index is 870. The third kappa shape index (κ3) is 3.41. The maximum absolute atomic E-state index is 12.7. The van der Waals surface area contributed by atoms with Gasteiger partial charge in [0, 0.05) is 30.1 Å². The number of hydrogen-bond donors (Lipinski definition) is 0. The molecule has 26 heavy (non-hydrogen) atoms. The van der Waals surface area contributed by atoms with Gasteiger partial charge < -0.3 is 0 Å². The number of halogens is 1. The summed E-state index contributed by atoms with van der Waals surface area (Å²) in [5.41, 5.74) is 1.31. The van der Waals surface area contributed by atoms with Gasteiger partial charge in [-0.05, 0) is 49.7 Å². The lowest BCUT2D eigenvalue weighted by Crippen LogP contribution is -2.61. The van der Waals surface area contributed by atoms with E-state index in [4.69, 9.17) is 11.6 Å². The molecule has 2 aliphatic rings. The summed E-state index contributed by atoms with van der Waals surface area (Å²) in [5.74, 6) is 0. The Morgan fingerprint density at radius 3 is 2.19 bits per heavy atom. The fourth-order valence-electron chi connectivity index (χ4n) is 3.98. The zero-order chi connectivity index (χ0) is 18.2. The van der Waals surface area contributed by atoms with Crippen LogP contribution in [0.4, 0.5) is 0 Å². The lowest BCUT2D eigenvalue weighted by Gasteiger charge is -2.53. The Hall–Kier alpha value is -1.40. The molecule has 4 rings (SSSR count). The highest BCUT2D eigenvalue weighted by Gasteiger charge is 2.49. The standard InChI is InChI=1S/C20H23ClN2O2S/c21-19-9-5-4-6-17(19)14-22-12-10-20(11-13-22)15-23(16-20)26(24,25)18-7-2-1-3-8-18/h1-9H,10-16H2. The van der Waals surface area contributed by atoms with Crippen molar-refractivity contribution < 1.29 is 8.42 Å². The second-order valence-corrected chi connectivity index (χ2v) is 9.80. The minimum atomic E-state index is -3.34. The van der Waals surface area contributed by atoms with Crippen molar-refractivity contribution in [3.63, 3.8) is 0 Å². The lowest BCUT2D eigenvalue weighted by molar-refractivity contribution is -0.00138. The first kappa shape index (κ1) is 18.0. The van der Waals surface area contributed by atoms with Crippen molar-refractivity contribution in [2.45, 2.75) is 24.3 Å². The third-order valence-electron chi connectivity index (χ3n) is 5.67. The molecular formula is C20H23ClN2O2S. The molecule has 2 aliphatic heterocycles. The van der Waals surface area contributed by atoms with Crippen LogP contribution in [0.1, 0.15) is 18.4 Å². The van der Waals surface area contributed by atoms with Crippen molar-refractivity contribution in [2.75, 3.05) is 26.2 Å². The molecule has 0 unspecified atom stereocenters. The molecule has 0 aliphatic carbocycles. The number of benzene rings is 2. The maximum Gasteiger partial charge on any atom is 0.243 e. The van der Waals surface area contributed by atoms with E-state index in [1.165, 1.54) is 0 Å². The van der Waals surface area contributed by atoms with Crippen molar-refractivity contribution >= 4 is 21.6 Å². The van der Waals surface area contributed by atoms with E-state index >= 15 is 0 Å². The molecule has 0 aromatic heterocycles. The van der Waals surface area contributed by atoms with Gasteiger partial charge in [-0.3, -0.25) is 4.90 Å². The van der Waals surface area contributed by atoms with E-state index in [2.05, 4.69) is 11.0 Å². The van der Waals surface area contributed by atoms with Crippen LogP contribution >= 0.6 is 11.6 Å².